The fraction of sp³-hybridized carbons (Fsp3) is 0.500. The molecule has 1 aliphatic rings. The number of para-hydroxylation sites is 1. The number of aliphatic hydroxyl groups is 1. The number of nitrogens with zero attached hydrogens (tertiary/aromatic N) is 3. The van der Waals surface area contributed by atoms with Gasteiger partial charge in [0.1, 0.15) is 5.82 Å². The first-order valence-electron chi connectivity index (χ1n) is 7.71. The lowest BCUT2D eigenvalue weighted by Crippen LogP contribution is -2.42. The largest absolute Gasteiger partial charge is 0.395 e. The van der Waals surface area contributed by atoms with Crippen LogP contribution in [0.3, 0.4) is 0 Å². The van der Waals surface area contributed by atoms with Gasteiger partial charge < -0.3 is 15.3 Å². The third-order valence-electron chi connectivity index (χ3n) is 4.05. The topological polar surface area (TPSA) is 61.3 Å². The molecule has 0 radical (unpaired) electrons. The van der Waals surface area contributed by atoms with Crippen molar-refractivity contribution in [1.82, 2.24) is 9.97 Å². The van der Waals surface area contributed by atoms with Crippen LogP contribution in [0.4, 0.5) is 11.8 Å². The van der Waals surface area contributed by atoms with Crippen molar-refractivity contribution in [1.29, 1.82) is 0 Å². The number of benzene rings is 1. The van der Waals surface area contributed by atoms with E-state index in [4.69, 9.17) is 4.98 Å². The van der Waals surface area contributed by atoms with Crippen molar-refractivity contribution in [3.63, 3.8) is 0 Å². The summed E-state index contributed by atoms with van der Waals surface area (Å²) < 4.78 is 0. The number of fused-ring (bicyclic) bond motifs is 1. The molecule has 0 amide bonds. The van der Waals surface area contributed by atoms with Gasteiger partial charge in [-0.15, -0.1) is 0 Å². The van der Waals surface area contributed by atoms with Crippen LogP contribution in [0.25, 0.3) is 10.9 Å². The van der Waals surface area contributed by atoms with E-state index in [1.165, 1.54) is 19.3 Å². The molecule has 0 saturated heterocycles. The second kappa shape index (κ2) is 6.26. The van der Waals surface area contributed by atoms with E-state index < -0.39 is 0 Å². The van der Waals surface area contributed by atoms with Gasteiger partial charge in [-0.3, -0.25) is 0 Å². The molecule has 21 heavy (non-hydrogen) atoms. The van der Waals surface area contributed by atoms with Gasteiger partial charge in [0, 0.05) is 24.5 Å². The van der Waals surface area contributed by atoms with E-state index in [0.29, 0.717) is 18.5 Å². The van der Waals surface area contributed by atoms with Crippen molar-refractivity contribution in [3.8, 4) is 0 Å². The Balaban J connectivity index is 2.08. The summed E-state index contributed by atoms with van der Waals surface area (Å²) in [5.74, 6) is 1.60. The zero-order valence-corrected chi connectivity index (χ0v) is 12.4. The first-order valence-corrected chi connectivity index (χ1v) is 7.71. The van der Waals surface area contributed by atoms with Crippen LogP contribution in [-0.4, -0.2) is 40.8 Å². The van der Waals surface area contributed by atoms with Gasteiger partial charge in [0.05, 0.1) is 12.1 Å². The van der Waals surface area contributed by atoms with E-state index in [1.807, 2.05) is 25.1 Å². The fourth-order valence-electron chi connectivity index (χ4n) is 2.78. The SMILES string of the molecule is CCNc1nc(N(CCO)C2CCC2)c2ccccc2n1. The molecule has 1 saturated carbocycles. The molecular formula is C16H22N4O. The Labute approximate surface area is 125 Å². The van der Waals surface area contributed by atoms with Crippen LogP contribution in [0.2, 0.25) is 0 Å². The predicted octanol–water partition coefficient (Wildman–Crippen LogP) is 2.41. The van der Waals surface area contributed by atoms with Gasteiger partial charge in [0.25, 0.3) is 0 Å². The van der Waals surface area contributed by atoms with Crippen molar-refractivity contribution in [2.45, 2.75) is 32.2 Å². The van der Waals surface area contributed by atoms with Gasteiger partial charge in [-0.25, -0.2) is 4.98 Å². The number of hydrogen-bond donors (Lipinski definition) is 2. The van der Waals surface area contributed by atoms with Crippen LogP contribution in [0.5, 0.6) is 0 Å². The Morgan fingerprint density at radius 1 is 1.29 bits per heavy atom. The summed E-state index contributed by atoms with van der Waals surface area (Å²) in [5, 5.41) is 13.7. The summed E-state index contributed by atoms with van der Waals surface area (Å²) in [4.78, 5) is 11.5. The van der Waals surface area contributed by atoms with Gasteiger partial charge in [-0.1, -0.05) is 12.1 Å². The Morgan fingerprint density at radius 2 is 2.10 bits per heavy atom. The average Bonchev–Trinajstić information content (AvgIpc) is 2.44. The van der Waals surface area contributed by atoms with Crippen LogP contribution < -0.4 is 10.2 Å². The Hall–Kier alpha value is -1.88. The van der Waals surface area contributed by atoms with Gasteiger partial charge >= 0.3 is 0 Å². The monoisotopic (exact) mass is 286 g/mol. The molecule has 1 fully saturated rings. The highest BCUT2D eigenvalue weighted by Crippen LogP contribution is 2.32. The summed E-state index contributed by atoms with van der Waals surface area (Å²) in [7, 11) is 0. The molecular weight excluding hydrogens is 264 g/mol. The van der Waals surface area contributed by atoms with Gasteiger partial charge in [0.2, 0.25) is 5.95 Å². The summed E-state index contributed by atoms with van der Waals surface area (Å²) in [6.45, 7) is 3.60. The number of anilines is 2. The summed E-state index contributed by atoms with van der Waals surface area (Å²) in [6, 6.07) is 8.57. The van der Waals surface area contributed by atoms with Crippen molar-refractivity contribution in [2.24, 2.45) is 0 Å². The van der Waals surface area contributed by atoms with E-state index in [1.54, 1.807) is 0 Å². The zero-order valence-electron chi connectivity index (χ0n) is 12.4. The van der Waals surface area contributed by atoms with Gasteiger partial charge in [-0.05, 0) is 38.3 Å². The molecule has 0 atom stereocenters. The van der Waals surface area contributed by atoms with E-state index in [9.17, 15) is 5.11 Å². The quantitative estimate of drug-likeness (QED) is 0.854. The van der Waals surface area contributed by atoms with Crippen LogP contribution >= 0.6 is 0 Å². The second-order valence-electron chi connectivity index (χ2n) is 5.42. The summed E-state index contributed by atoms with van der Waals surface area (Å²) >= 11 is 0. The molecule has 1 aromatic carbocycles. The molecule has 5 nitrogen and oxygen atoms in total. The highest BCUT2D eigenvalue weighted by Gasteiger charge is 2.27. The second-order valence-corrected chi connectivity index (χ2v) is 5.42. The third kappa shape index (κ3) is 2.78. The molecule has 2 aromatic rings. The average molecular weight is 286 g/mol. The van der Waals surface area contributed by atoms with Crippen LogP contribution in [0, 0.1) is 0 Å². The molecule has 0 spiro atoms. The normalized spacial score (nSPS) is 15.0. The maximum atomic E-state index is 9.41. The third-order valence-corrected chi connectivity index (χ3v) is 4.05. The minimum absolute atomic E-state index is 0.144. The Morgan fingerprint density at radius 3 is 2.76 bits per heavy atom. The van der Waals surface area contributed by atoms with Crippen molar-refractivity contribution in [2.75, 3.05) is 29.9 Å². The fourth-order valence-corrected chi connectivity index (χ4v) is 2.78. The molecule has 3 rings (SSSR count). The summed E-state index contributed by atoms with van der Waals surface area (Å²) in [5.41, 5.74) is 0.945. The summed E-state index contributed by atoms with van der Waals surface area (Å²) in [6.07, 6.45) is 3.61. The minimum Gasteiger partial charge on any atom is -0.395 e. The number of aromatic nitrogens is 2. The number of rotatable bonds is 6. The first-order chi connectivity index (χ1) is 10.3. The maximum Gasteiger partial charge on any atom is 0.225 e. The molecule has 1 aliphatic carbocycles. The molecule has 0 aliphatic heterocycles. The molecule has 2 N–H and O–H groups in total. The highest BCUT2D eigenvalue weighted by atomic mass is 16.3. The predicted molar refractivity (Wildman–Crippen MR) is 85.8 cm³/mol. The number of aliphatic hydroxyl groups excluding tert-OH is 1. The minimum atomic E-state index is 0.144. The molecule has 0 bridgehead atoms. The van der Waals surface area contributed by atoms with Crippen molar-refractivity contribution < 1.29 is 5.11 Å². The van der Waals surface area contributed by atoms with Gasteiger partial charge in [-0.2, -0.15) is 4.98 Å². The van der Waals surface area contributed by atoms with E-state index in [2.05, 4.69) is 21.3 Å². The molecule has 0 unspecified atom stereocenters. The number of nitrogens with one attached hydrogen (secondary N) is 1. The first kappa shape index (κ1) is 14.1. The zero-order chi connectivity index (χ0) is 14.7. The lowest BCUT2D eigenvalue weighted by Gasteiger charge is -2.38. The number of hydrogen-bond acceptors (Lipinski definition) is 5. The standard InChI is InChI=1S/C16H22N4O/c1-2-17-16-18-14-9-4-3-8-13(14)15(19-16)20(10-11-21)12-6-5-7-12/h3-4,8-9,12,21H,2,5-7,10-11H2,1H3,(H,17,18,19). The van der Waals surface area contributed by atoms with Crippen LogP contribution in [0.1, 0.15) is 26.2 Å². The van der Waals surface area contributed by atoms with Crippen molar-refractivity contribution in [3.05, 3.63) is 24.3 Å². The van der Waals surface area contributed by atoms with Gasteiger partial charge in [0.15, 0.2) is 0 Å². The van der Waals surface area contributed by atoms with E-state index >= 15 is 0 Å². The Kier molecular flexibility index (Phi) is 4.20. The van der Waals surface area contributed by atoms with Crippen molar-refractivity contribution >= 4 is 22.7 Å². The van der Waals surface area contributed by atoms with Crippen LogP contribution in [0.15, 0.2) is 24.3 Å². The lowest BCUT2D eigenvalue weighted by atomic mass is 9.91. The van der Waals surface area contributed by atoms with Crippen LogP contribution in [-0.2, 0) is 0 Å². The highest BCUT2D eigenvalue weighted by molar-refractivity contribution is 5.90. The molecule has 1 aromatic heterocycles. The molecule has 5 heteroatoms. The maximum absolute atomic E-state index is 9.41. The Bertz CT molecular complexity index is 612. The van der Waals surface area contributed by atoms with E-state index in [0.717, 1.165) is 23.3 Å². The lowest BCUT2D eigenvalue weighted by molar-refractivity contribution is 0.283. The smallest absolute Gasteiger partial charge is 0.225 e. The molecule has 1 heterocycles. The van der Waals surface area contributed by atoms with E-state index in [-0.39, 0.29) is 6.61 Å². The molecule has 112 valence electrons.